The number of nitrogens with one attached hydrogen (secondary N) is 1. The lowest BCUT2D eigenvalue weighted by atomic mass is 10.2. The number of thiazole rings is 1. The van der Waals surface area contributed by atoms with Crippen LogP contribution in [-0.4, -0.2) is 35.3 Å². The number of rotatable bonds is 7. The molecule has 0 bridgehead atoms. The smallest absolute Gasteiger partial charge is 0.416 e. The monoisotopic (exact) mass is 374 g/mol. The molecule has 1 heterocycles. The number of carbonyl (C=O) groups excluding carboxylic acids is 1. The average Bonchev–Trinajstić information content (AvgIpc) is 3.06. The maximum absolute atomic E-state index is 12.4. The minimum Gasteiger partial charge on any atom is -0.491 e. The van der Waals surface area contributed by atoms with Crippen LogP contribution in [0.1, 0.15) is 27.2 Å². The molecule has 0 aliphatic heterocycles. The molecule has 5 nitrogen and oxygen atoms in total. The van der Waals surface area contributed by atoms with Crippen molar-refractivity contribution in [1.29, 1.82) is 0 Å². The zero-order valence-corrected chi connectivity index (χ0v) is 14.2. The Morgan fingerprint density at radius 2 is 2.04 bits per heavy atom. The van der Waals surface area contributed by atoms with Gasteiger partial charge in [-0.1, -0.05) is 6.92 Å². The van der Waals surface area contributed by atoms with Crippen LogP contribution in [0.2, 0.25) is 0 Å². The predicted molar refractivity (Wildman–Crippen MR) is 86.8 cm³/mol. The number of amides is 1. The summed E-state index contributed by atoms with van der Waals surface area (Å²) in [4.78, 5) is 16.4. The molecule has 0 aliphatic carbocycles. The summed E-state index contributed by atoms with van der Waals surface area (Å²) in [7, 11) is 0. The number of halogens is 3. The van der Waals surface area contributed by atoms with E-state index in [0.717, 1.165) is 23.6 Å². The van der Waals surface area contributed by atoms with E-state index in [-0.39, 0.29) is 24.8 Å². The molecule has 25 heavy (non-hydrogen) atoms. The van der Waals surface area contributed by atoms with Gasteiger partial charge in [-0.05, 0) is 30.7 Å². The van der Waals surface area contributed by atoms with Gasteiger partial charge in [0.1, 0.15) is 23.3 Å². The number of hydrogen-bond donors (Lipinski definition) is 2. The molecular formula is C16H17F3N2O3S. The van der Waals surface area contributed by atoms with Crippen LogP contribution < -0.4 is 10.1 Å². The number of carbonyl (C=O) groups is 1. The van der Waals surface area contributed by atoms with Crippen molar-refractivity contribution in [1.82, 2.24) is 10.3 Å². The molecule has 0 aliphatic rings. The Bertz CT molecular complexity index is 701. The second-order valence-corrected chi connectivity index (χ2v) is 6.28. The standard InChI is InChI=1S/C16H17F3N2O3S/c1-2-14-20-8-13(25-14)15(23)21-7-11(22)9-24-12-5-3-10(4-6-12)16(17,18)19/h3-6,8,11,22H,2,7,9H2,1H3,(H,21,23). The quantitative estimate of drug-likeness (QED) is 0.782. The highest BCUT2D eigenvalue weighted by molar-refractivity contribution is 7.13. The molecule has 2 rings (SSSR count). The van der Waals surface area contributed by atoms with Crippen molar-refractivity contribution in [3.05, 3.63) is 45.9 Å². The van der Waals surface area contributed by atoms with Gasteiger partial charge in [0.05, 0.1) is 16.8 Å². The van der Waals surface area contributed by atoms with E-state index in [1.165, 1.54) is 29.7 Å². The number of ether oxygens (including phenoxy) is 1. The number of aromatic nitrogens is 1. The first-order chi connectivity index (χ1) is 11.8. The Morgan fingerprint density at radius 1 is 1.36 bits per heavy atom. The Morgan fingerprint density at radius 3 is 2.60 bits per heavy atom. The van der Waals surface area contributed by atoms with Gasteiger partial charge in [-0.3, -0.25) is 4.79 Å². The minimum absolute atomic E-state index is 0.0428. The van der Waals surface area contributed by atoms with E-state index >= 15 is 0 Å². The van der Waals surface area contributed by atoms with Gasteiger partial charge in [0.2, 0.25) is 0 Å². The summed E-state index contributed by atoms with van der Waals surface area (Å²) in [6.45, 7) is 1.73. The van der Waals surface area contributed by atoms with Crippen LogP contribution in [0, 0.1) is 0 Å². The number of nitrogens with zero attached hydrogens (tertiary/aromatic N) is 1. The molecule has 0 saturated carbocycles. The van der Waals surface area contributed by atoms with Crippen molar-refractivity contribution in [2.24, 2.45) is 0 Å². The molecule has 9 heteroatoms. The molecule has 1 atom stereocenters. The largest absolute Gasteiger partial charge is 0.491 e. The molecule has 1 aromatic carbocycles. The molecule has 2 N–H and O–H groups in total. The fraction of sp³-hybridized carbons (Fsp3) is 0.375. The third kappa shape index (κ3) is 5.71. The number of aryl methyl sites for hydroxylation is 1. The Labute approximate surface area is 146 Å². The van der Waals surface area contributed by atoms with E-state index < -0.39 is 17.8 Å². The second kappa shape index (κ2) is 8.30. The molecule has 0 fully saturated rings. The average molecular weight is 374 g/mol. The summed E-state index contributed by atoms with van der Waals surface area (Å²) >= 11 is 1.28. The molecule has 1 amide bonds. The maximum Gasteiger partial charge on any atom is 0.416 e. The lowest BCUT2D eigenvalue weighted by molar-refractivity contribution is -0.137. The van der Waals surface area contributed by atoms with Crippen LogP contribution in [0.3, 0.4) is 0 Å². The first-order valence-electron chi connectivity index (χ1n) is 7.50. The summed E-state index contributed by atoms with van der Waals surface area (Å²) in [5.74, 6) is -0.140. The van der Waals surface area contributed by atoms with Crippen molar-refractivity contribution < 1.29 is 27.8 Å². The summed E-state index contributed by atoms with van der Waals surface area (Å²) in [6, 6.07) is 4.16. The number of alkyl halides is 3. The van der Waals surface area contributed by atoms with Crippen molar-refractivity contribution in [2.45, 2.75) is 25.6 Å². The van der Waals surface area contributed by atoms with Crippen LogP contribution >= 0.6 is 11.3 Å². The van der Waals surface area contributed by atoms with Crippen molar-refractivity contribution in [3.8, 4) is 5.75 Å². The first-order valence-corrected chi connectivity index (χ1v) is 8.32. The molecule has 1 unspecified atom stereocenters. The highest BCUT2D eigenvalue weighted by Gasteiger charge is 2.30. The maximum atomic E-state index is 12.4. The lowest BCUT2D eigenvalue weighted by Gasteiger charge is -2.13. The van der Waals surface area contributed by atoms with Crippen LogP contribution in [0.25, 0.3) is 0 Å². The van der Waals surface area contributed by atoms with E-state index in [2.05, 4.69) is 10.3 Å². The summed E-state index contributed by atoms with van der Waals surface area (Å²) < 4.78 is 42.6. The lowest BCUT2D eigenvalue weighted by Crippen LogP contribution is -2.35. The Hall–Kier alpha value is -2.13. The van der Waals surface area contributed by atoms with Crippen LogP contribution in [0.4, 0.5) is 13.2 Å². The molecule has 1 aromatic heterocycles. The fourth-order valence-corrected chi connectivity index (χ4v) is 2.64. The normalized spacial score (nSPS) is 12.7. The molecule has 0 spiro atoms. The third-order valence-corrected chi connectivity index (χ3v) is 4.34. The third-order valence-electron chi connectivity index (χ3n) is 3.20. The van der Waals surface area contributed by atoms with E-state index in [1.807, 2.05) is 6.92 Å². The number of hydrogen-bond acceptors (Lipinski definition) is 5. The van der Waals surface area contributed by atoms with Crippen molar-refractivity contribution >= 4 is 17.2 Å². The van der Waals surface area contributed by atoms with Crippen LogP contribution in [0.15, 0.2) is 30.5 Å². The van der Waals surface area contributed by atoms with Crippen molar-refractivity contribution in [2.75, 3.05) is 13.2 Å². The Kier molecular flexibility index (Phi) is 6.38. The van der Waals surface area contributed by atoms with Gasteiger partial charge in [-0.2, -0.15) is 13.2 Å². The minimum atomic E-state index is -4.41. The van der Waals surface area contributed by atoms with Gasteiger partial charge in [0, 0.05) is 6.54 Å². The van der Waals surface area contributed by atoms with Crippen LogP contribution in [0.5, 0.6) is 5.75 Å². The topological polar surface area (TPSA) is 71.5 Å². The molecule has 136 valence electrons. The van der Waals surface area contributed by atoms with Gasteiger partial charge in [-0.15, -0.1) is 11.3 Å². The molecular weight excluding hydrogens is 357 g/mol. The van der Waals surface area contributed by atoms with E-state index in [4.69, 9.17) is 4.74 Å². The van der Waals surface area contributed by atoms with E-state index in [1.54, 1.807) is 0 Å². The first kappa shape index (κ1) is 19.2. The summed E-state index contributed by atoms with van der Waals surface area (Å²) in [5.41, 5.74) is -0.774. The molecule has 0 radical (unpaired) electrons. The summed E-state index contributed by atoms with van der Waals surface area (Å²) in [6.07, 6.45) is -3.19. The highest BCUT2D eigenvalue weighted by Crippen LogP contribution is 2.30. The number of aliphatic hydroxyl groups excluding tert-OH is 1. The predicted octanol–water partition coefficient (Wildman–Crippen LogP) is 2.89. The zero-order valence-electron chi connectivity index (χ0n) is 13.3. The number of aliphatic hydroxyl groups is 1. The van der Waals surface area contributed by atoms with Crippen molar-refractivity contribution in [3.63, 3.8) is 0 Å². The van der Waals surface area contributed by atoms with E-state index in [9.17, 15) is 23.1 Å². The summed E-state index contributed by atoms with van der Waals surface area (Å²) in [5, 5.41) is 13.2. The SMILES string of the molecule is CCc1ncc(C(=O)NCC(O)COc2ccc(C(F)(F)F)cc2)s1. The highest BCUT2D eigenvalue weighted by atomic mass is 32.1. The van der Waals surface area contributed by atoms with Gasteiger partial charge in [0.15, 0.2) is 0 Å². The van der Waals surface area contributed by atoms with Crippen LogP contribution in [-0.2, 0) is 12.6 Å². The van der Waals surface area contributed by atoms with E-state index in [0.29, 0.717) is 4.88 Å². The van der Waals surface area contributed by atoms with Gasteiger partial charge in [-0.25, -0.2) is 4.98 Å². The van der Waals surface area contributed by atoms with Gasteiger partial charge in [0.25, 0.3) is 5.91 Å². The molecule has 2 aromatic rings. The van der Waals surface area contributed by atoms with Gasteiger partial charge < -0.3 is 15.2 Å². The Balaban J connectivity index is 1.76. The number of benzene rings is 1. The van der Waals surface area contributed by atoms with Gasteiger partial charge >= 0.3 is 6.18 Å². The second-order valence-electron chi connectivity index (χ2n) is 5.17. The zero-order chi connectivity index (χ0) is 18.4. The fourth-order valence-electron chi connectivity index (χ4n) is 1.87. The molecule has 0 saturated heterocycles.